The summed E-state index contributed by atoms with van der Waals surface area (Å²) < 4.78 is 0. The summed E-state index contributed by atoms with van der Waals surface area (Å²) in [5, 5.41) is 6.15. The number of benzene rings is 4. The van der Waals surface area contributed by atoms with E-state index in [1.54, 1.807) is 18.2 Å². The van der Waals surface area contributed by atoms with Crippen molar-refractivity contribution in [2.75, 3.05) is 5.32 Å². The molecule has 29 heavy (non-hydrogen) atoms. The van der Waals surface area contributed by atoms with Gasteiger partial charge in [0.05, 0.1) is 5.02 Å². The predicted octanol–water partition coefficient (Wildman–Crippen LogP) is 7.14. The highest BCUT2D eigenvalue weighted by Gasteiger charge is 2.11. The first kappa shape index (κ1) is 19.0. The largest absolute Gasteiger partial charge is 0.354 e. The molecule has 0 heterocycles. The Hall–Kier alpha value is -3.36. The van der Waals surface area contributed by atoms with Crippen LogP contribution < -0.4 is 5.32 Å². The number of carbonyl (C=O) groups is 1. The van der Waals surface area contributed by atoms with Crippen LogP contribution >= 0.6 is 11.6 Å². The molecule has 0 aliphatic heterocycles. The van der Waals surface area contributed by atoms with Crippen LogP contribution in [0.5, 0.6) is 0 Å². The van der Waals surface area contributed by atoms with Crippen LogP contribution in [0.1, 0.15) is 21.5 Å². The number of carbonyl (C=O) groups excluding carboxylic acids is 1. The molecule has 0 saturated carbocycles. The molecule has 142 valence electrons. The lowest BCUT2D eigenvalue weighted by molar-refractivity contribution is 0.104. The molecular weight excluding hydrogens is 378 g/mol. The van der Waals surface area contributed by atoms with Crippen molar-refractivity contribution in [3.05, 3.63) is 119 Å². The van der Waals surface area contributed by atoms with E-state index in [-0.39, 0.29) is 5.78 Å². The van der Waals surface area contributed by atoms with Crippen LogP contribution in [0, 0.1) is 6.92 Å². The number of halogens is 1. The predicted molar refractivity (Wildman–Crippen MR) is 123 cm³/mol. The number of fused-ring (bicyclic) bond motifs is 1. The number of nitrogens with one attached hydrogen (secondary N) is 1. The zero-order chi connectivity index (χ0) is 20.2. The molecule has 4 aromatic carbocycles. The second-order valence-corrected chi connectivity index (χ2v) is 7.33. The summed E-state index contributed by atoms with van der Waals surface area (Å²) in [7, 11) is 0. The Morgan fingerprint density at radius 2 is 1.52 bits per heavy atom. The van der Waals surface area contributed by atoms with Crippen molar-refractivity contribution >= 4 is 39.5 Å². The molecule has 3 heteroatoms. The Morgan fingerprint density at radius 1 is 0.828 bits per heavy atom. The fourth-order valence-electron chi connectivity index (χ4n) is 3.27. The molecule has 0 aliphatic rings. The lowest BCUT2D eigenvalue weighted by atomic mass is 10.0. The van der Waals surface area contributed by atoms with Gasteiger partial charge in [0.25, 0.3) is 0 Å². The van der Waals surface area contributed by atoms with E-state index in [0.717, 1.165) is 33.3 Å². The van der Waals surface area contributed by atoms with Gasteiger partial charge in [-0.1, -0.05) is 90.0 Å². The van der Waals surface area contributed by atoms with Gasteiger partial charge in [-0.25, -0.2) is 0 Å². The van der Waals surface area contributed by atoms with Crippen molar-refractivity contribution in [3.63, 3.8) is 0 Å². The molecule has 0 fully saturated rings. The highest BCUT2D eigenvalue weighted by molar-refractivity contribution is 6.34. The second kappa shape index (κ2) is 8.34. The molecule has 0 aliphatic carbocycles. The highest BCUT2D eigenvalue weighted by atomic mass is 35.5. The third-order valence-electron chi connectivity index (χ3n) is 4.84. The Kier molecular flexibility index (Phi) is 5.46. The van der Waals surface area contributed by atoms with Crippen LogP contribution in [0.4, 0.5) is 5.69 Å². The van der Waals surface area contributed by atoms with Crippen molar-refractivity contribution in [2.45, 2.75) is 6.92 Å². The van der Waals surface area contributed by atoms with Crippen molar-refractivity contribution < 1.29 is 4.79 Å². The van der Waals surface area contributed by atoms with Gasteiger partial charge in [0.2, 0.25) is 0 Å². The number of rotatable bonds is 5. The van der Waals surface area contributed by atoms with E-state index >= 15 is 0 Å². The molecule has 0 spiro atoms. The molecule has 0 saturated heterocycles. The molecule has 0 bridgehead atoms. The van der Waals surface area contributed by atoms with Gasteiger partial charge >= 0.3 is 0 Å². The minimum atomic E-state index is -0.140. The smallest absolute Gasteiger partial charge is 0.189 e. The van der Waals surface area contributed by atoms with Crippen LogP contribution in [0.15, 0.2) is 97.1 Å². The normalized spacial score (nSPS) is 11.4. The van der Waals surface area contributed by atoms with Crippen LogP contribution in [-0.4, -0.2) is 5.78 Å². The lowest BCUT2D eigenvalue weighted by Gasteiger charge is -2.14. The number of ketones is 1. The summed E-state index contributed by atoms with van der Waals surface area (Å²) in [5.74, 6) is -0.140. The van der Waals surface area contributed by atoms with Crippen molar-refractivity contribution in [2.24, 2.45) is 0 Å². The zero-order valence-corrected chi connectivity index (χ0v) is 16.8. The highest BCUT2D eigenvalue weighted by Crippen LogP contribution is 2.28. The summed E-state index contributed by atoms with van der Waals surface area (Å²) in [6.07, 6.45) is 1.62. The molecule has 1 N–H and O–H groups in total. The maximum absolute atomic E-state index is 13.0. The van der Waals surface area contributed by atoms with E-state index in [1.807, 2.05) is 67.6 Å². The van der Waals surface area contributed by atoms with Gasteiger partial charge in [-0.3, -0.25) is 4.79 Å². The number of anilines is 1. The van der Waals surface area contributed by atoms with Gasteiger partial charge in [-0.05, 0) is 36.1 Å². The number of hydrogen-bond donors (Lipinski definition) is 1. The number of hydrogen-bond acceptors (Lipinski definition) is 2. The molecule has 0 aromatic heterocycles. The Labute approximate surface area is 175 Å². The van der Waals surface area contributed by atoms with E-state index in [9.17, 15) is 4.79 Å². The topological polar surface area (TPSA) is 29.1 Å². The molecule has 0 amide bonds. The maximum Gasteiger partial charge on any atom is 0.189 e. The first-order chi connectivity index (χ1) is 14.1. The average Bonchev–Trinajstić information content (AvgIpc) is 2.74. The fourth-order valence-corrected chi connectivity index (χ4v) is 3.50. The van der Waals surface area contributed by atoms with E-state index in [1.165, 1.54) is 0 Å². The maximum atomic E-state index is 13.0. The van der Waals surface area contributed by atoms with Crippen LogP contribution in [0.25, 0.3) is 16.5 Å². The molecule has 4 rings (SSSR count). The van der Waals surface area contributed by atoms with Gasteiger partial charge in [-0.15, -0.1) is 0 Å². The van der Waals surface area contributed by atoms with E-state index in [2.05, 4.69) is 23.5 Å². The Bertz CT molecular complexity index is 1200. The average molecular weight is 398 g/mol. The summed E-state index contributed by atoms with van der Waals surface area (Å²) in [6.45, 7) is 2.04. The van der Waals surface area contributed by atoms with E-state index in [4.69, 9.17) is 11.6 Å². The molecule has 2 nitrogen and oxygen atoms in total. The molecule has 4 aromatic rings. The Morgan fingerprint density at radius 3 is 2.31 bits per heavy atom. The quantitative estimate of drug-likeness (QED) is 0.286. The first-order valence-electron chi connectivity index (χ1n) is 9.44. The second-order valence-electron chi connectivity index (χ2n) is 6.92. The fraction of sp³-hybridized carbons (Fsp3) is 0.0385. The summed E-state index contributed by atoms with van der Waals surface area (Å²) >= 11 is 6.24. The standard InChI is InChI=1S/C26H20ClNO/c1-18-13-15-20(16-14-18)25(17-26(29)22-10-4-5-11-23(22)27)28-24-12-6-8-19-7-2-3-9-21(19)24/h2-17,28H,1H3/b25-17+. The van der Waals surface area contributed by atoms with Gasteiger partial charge in [-0.2, -0.15) is 0 Å². The van der Waals surface area contributed by atoms with E-state index in [0.29, 0.717) is 10.6 Å². The SMILES string of the molecule is Cc1ccc(/C(=C\C(=O)c2ccccc2Cl)Nc2cccc3ccccc23)cc1. The van der Waals surface area contributed by atoms with Crippen molar-refractivity contribution in [1.82, 2.24) is 0 Å². The summed E-state index contributed by atoms with van der Waals surface area (Å²) in [5.41, 5.74) is 4.26. The molecule has 0 atom stereocenters. The van der Waals surface area contributed by atoms with E-state index < -0.39 is 0 Å². The van der Waals surface area contributed by atoms with Crippen LogP contribution in [0.3, 0.4) is 0 Å². The minimum Gasteiger partial charge on any atom is -0.354 e. The third kappa shape index (κ3) is 4.23. The van der Waals surface area contributed by atoms with Gasteiger partial charge in [0, 0.05) is 28.4 Å². The first-order valence-corrected chi connectivity index (χ1v) is 9.82. The third-order valence-corrected chi connectivity index (χ3v) is 5.17. The van der Waals surface area contributed by atoms with Gasteiger partial charge in [0.15, 0.2) is 5.78 Å². The van der Waals surface area contributed by atoms with Gasteiger partial charge < -0.3 is 5.32 Å². The van der Waals surface area contributed by atoms with Crippen LogP contribution in [0.2, 0.25) is 5.02 Å². The minimum absolute atomic E-state index is 0.140. The monoisotopic (exact) mass is 397 g/mol. The van der Waals surface area contributed by atoms with Crippen LogP contribution in [-0.2, 0) is 0 Å². The lowest BCUT2D eigenvalue weighted by Crippen LogP contribution is -2.04. The summed E-state index contributed by atoms with van der Waals surface area (Å²) in [4.78, 5) is 13.0. The Balaban J connectivity index is 1.79. The number of allylic oxidation sites excluding steroid dienone is 1. The summed E-state index contributed by atoms with van der Waals surface area (Å²) in [6, 6.07) is 29.5. The zero-order valence-electron chi connectivity index (χ0n) is 16.0. The molecule has 0 unspecified atom stereocenters. The van der Waals surface area contributed by atoms with Crippen molar-refractivity contribution in [3.8, 4) is 0 Å². The molecular formula is C26H20ClNO. The van der Waals surface area contributed by atoms with Crippen molar-refractivity contribution in [1.29, 1.82) is 0 Å². The number of aryl methyl sites for hydroxylation is 1. The molecule has 0 radical (unpaired) electrons. The van der Waals surface area contributed by atoms with Gasteiger partial charge in [0.1, 0.15) is 0 Å².